The van der Waals surface area contributed by atoms with Gasteiger partial charge in [-0.05, 0) is 20.8 Å². The molecule has 0 aromatic heterocycles. The monoisotopic (exact) mass is 141 g/mol. The Balaban J connectivity index is 3.96. The maximum absolute atomic E-state index is 3.85. The lowest BCUT2D eigenvalue weighted by atomic mass is 10.1. The number of nitrogens with zero attached hydrogens (tertiary/aromatic N) is 3. The zero-order valence-corrected chi connectivity index (χ0v) is 7.13. The van der Waals surface area contributed by atoms with Gasteiger partial charge >= 0.3 is 0 Å². The minimum atomic E-state index is 0.0342. The first-order chi connectivity index (χ1) is 4.48. The van der Waals surface area contributed by atoms with Crippen LogP contribution in [-0.4, -0.2) is 17.6 Å². The summed E-state index contributed by atoms with van der Waals surface area (Å²) in [5.74, 6) is 0. The Morgan fingerprint density at radius 3 is 2.20 bits per heavy atom. The van der Waals surface area contributed by atoms with Gasteiger partial charge in [-0.1, -0.05) is 11.8 Å². The first-order valence-electron chi connectivity index (χ1n) is 3.24. The predicted octanol–water partition coefficient (Wildman–Crippen LogP) is 2.23. The maximum atomic E-state index is 3.85. The van der Waals surface area contributed by atoms with Crippen molar-refractivity contribution in [2.45, 2.75) is 26.3 Å². The zero-order chi connectivity index (χ0) is 8.20. The van der Waals surface area contributed by atoms with E-state index in [1.807, 2.05) is 7.05 Å². The third kappa shape index (κ3) is 3.22. The highest BCUT2D eigenvalue weighted by molar-refractivity contribution is 4.69. The molecule has 10 heavy (non-hydrogen) atoms. The van der Waals surface area contributed by atoms with Crippen LogP contribution in [0.25, 0.3) is 0 Å². The summed E-state index contributed by atoms with van der Waals surface area (Å²) in [6.45, 7) is 9.62. The molecule has 0 spiro atoms. The summed E-state index contributed by atoms with van der Waals surface area (Å²) < 4.78 is 0. The molecular formula is C7H15N3. The highest BCUT2D eigenvalue weighted by Crippen LogP contribution is 2.10. The second-order valence-corrected chi connectivity index (χ2v) is 3.08. The molecule has 0 rings (SSSR count). The smallest absolute Gasteiger partial charge is 0.0508 e. The predicted molar refractivity (Wildman–Crippen MR) is 42.6 cm³/mol. The van der Waals surface area contributed by atoms with Crippen LogP contribution in [0.1, 0.15) is 20.8 Å². The zero-order valence-electron chi connectivity index (χ0n) is 7.13. The molecule has 3 nitrogen and oxygen atoms in total. The van der Waals surface area contributed by atoms with E-state index >= 15 is 0 Å². The second-order valence-electron chi connectivity index (χ2n) is 3.08. The van der Waals surface area contributed by atoms with Crippen molar-refractivity contribution in [3.05, 3.63) is 12.8 Å². The van der Waals surface area contributed by atoms with Crippen LogP contribution in [0, 0.1) is 0 Å². The van der Waals surface area contributed by atoms with Crippen molar-refractivity contribution in [1.29, 1.82) is 0 Å². The third-order valence-electron chi connectivity index (χ3n) is 1.24. The summed E-state index contributed by atoms with van der Waals surface area (Å²) in [4.78, 5) is 0. The Kier molecular flexibility index (Phi) is 3.06. The average Bonchev–Trinajstić information content (AvgIpc) is 1.80. The van der Waals surface area contributed by atoms with E-state index in [1.165, 1.54) is 6.20 Å². The van der Waals surface area contributed by atoms with Crippen molar-refractivity contribution < 1.29 is 0 Å². The molecule has 0 N–H and O–H groups in total. The quantitative estimate of drug-likeness (QED) is 0.428. The van der Waals surface area contributed by atoms with Crippen LogP contribution in [-0.2, 0) is 0 Å². The largest absolute Gasteiger partial charge is 0.276 e. The third-order valence-corrected chi connectivity index (χ3v) is 1.24. The van der Waals surface area contributed by atoms with Crippen LogP contribution in [0.3, 0.4) is 0 Å². The molecule has 0 saturated carbocycles. The minimum Gasteiger partial charge on any atom is -0.276 e. The van der Waals surface area contributed by atoms with E-state index < -0.39 is 0 Å². The molecule has 0 aliphatic rings. The topological polar surface area (TPSA) is 28.0 Å². The summed E-state index contributed by atoms with van der Waals surface area (Å²) in [6, 6.07) is 0. The van der Waals surface area contributed by atoms with Crippen molar-refractivity contribution >= 4 is 0 Å². The highest BCUT2D eigenvalue weighted by Gasteiger charge is 2.14. The van der Waals surface area contributed by atoms with E-state index in [4.69, 9.17) is 0 Å². The normalized spacial score (nSPS) is 12.0. The molecule has 0 fully saturated rings. The fraction of sp³-hybridized carbons (Fsp3) is 0.714. The number of hydrogen-bond donors (Lipinski definition) is 0. The molecule has 0 unspecified atom stereocenters. The van der Waals surface area contributed by atoms with E-state index in [-0.39, 0.29) is 5.54 Å². The van der Waals surface area contributed by atoms with Gasteiger partial charge < -0.3 is 0 Å². The van der Waals surface area contributed by atoms with Gasteiger partial charge in [0, 0.05) is 13.2 Å². The molecule has 0 atom stereocenters. The molecule has 3 heteroatoms. The second kappa shape index (κ2) is 3.34. The maximum Gasteiger partial charge on any atom is 0.0508 e. The van der Waals surface area contributed by atoms with Crippen molar-refractivity contribution in [2.24, 2.45) is 10.3 Å². The molecule has 0 aliphatic heterocycles. The summed E-state index contributed by atoms with van der Waals surface area (Å²) in [6.07, 6.45) is 1.42. The van der Waals surface area contributed by atoms with Gasteiger partial charge in [0.1, 0.15) is 0 Å². The van der Waals surface area contributed by atoms with Gasteiger partial charge in [0.25, 0.3) is 0 Å². The van der Waals surface area contributed by atoms with Crippen LogP contribution in [0.5, 0.6) is 0 Å². The molecular weight excluding hydrogens is 126 g/mol. The Morgan fingerprint density at radius 2 is 1.90 bits per heavy atom. The van der Waals surface area contributed by atoms with E-state index in [2.05, 4.69) is 37.7 Å². The van der Waals surface area contributed by atoms with Gasteiger partial charge in [-0.25, -0.2) is 0 Å². The highest BCUT2D eigenvalue weighted by atomic mass is 15.5. The molecule has 0 heterocycles. The van der Waals surface area contributed by atoms with E-state index in [9.17, 15) is 0 Å². The Bertz CT molecular complexity index is 132. The van der Waals surface area contributed by atoms with Gasteiger partial charge in [-0.2, -0.15) is 0 Å². The molecule has 0 aromatic rings. The van der Waals surface area contributed by atoms with Crippen LogP contribution >= 0.6 is 0 Å². The fourth-order valence-electron chi connectivity index (χ4n) is 0.248. The van der Waals surface area contributed by atoms with Crippen molar-refractivity contribution in [3.63, 3.8) is 0 Å². The van der Waals surface area contributed by atoms with Crippen LogP contribution < -0.4 is 0 Å². The summed E-state index contributed by atoms with van der Waals surface area (Å²) in [5, 5.41) is 9.29. The molecule has 0 bridgehead atoms. The van der Waals surface area contributed by atoms with Crippen molar-refractivity contribution in [3.8, 4) is 0 Å². The van der Waals surface area contributed by atoms with Gasteiger partial charge in [0.15, 0.2) is 0 Å². The molecule has 0 saturated heterocycles. The first kappa shape index (κ1) is 9.14. The number of rotatable bonds is 2. The summed E-state index contributed by atoms with van der Waals surface area (Å²) in [5.41, 5.74) is 0.0342. The lowest BCUT2D eigenvalue weighted by molar-refractivity contribution is 0.170. The van der Waals surface area contributed by atoms with E-state index in [0.717, 1.165) is 0 Å². The van der Waals surface area contributed by atoms with Crippen LogP contribution in [0.15, 0.2) is 23.1 Å². The SMILES string of the molecule is C=C/N=N\N(C)C(C)(C)C. The lowest BCUT2D eigenvalue weighted by Crippen LogP contribution is -2.33. The first-order valence-corrected chi connectivity index (χ1v) is 3.24. The Hall–Kier alpha value is -0.860. The van der Waals surface area contributed by atoms with Crippen LogP contribution in [0.2, 0.25) is 0 Å². The summed E-state index contributed by atoms with van der Waals surface area (Å²) in [7, 11) is 1.88. The van der Waals surface area contributed by atoms with Crippen molar-refractivity contribution in [2.75, 3.05) is 7.05 Å². The van der Waals surface area contributed by atoms with Gasteiger partial charge in [-0.3, -0.25) is 5.01 Å². The Morgan fingerprint density at radius 1 is 1.40 bits per heavy atom. The van der Waals surface area contributed by atoms with E-state index in [1.54, 1.807) is 5.01 Å². The van der Waals surface area contributed by atoms with Gasteiger partial charge in [0.05, 0.1) is 5.54 Å². The minimum absolute atomic E-state index is 0.0342. The lowest BCUT2D eigenvalue weighted by Gasteiger charge is -2.27. The molecule has 0 aliphatic carbocycles. The summed E-state index contributed by atoms with van der Waals surface area (Å²) >= 11 is 0. The molecule has 58 valence electrons. The van der Waals surface area contributed by atoms with Gasteiger partial charge in [0.2, 0.25) is 0 Å². The number of hydrogen-bond acceptors (Lipinski definition) is 2. The van der Waals surface area contributed by atoms with Crippen LogP contribution in [0.4, 0.5) is 0 Å². The molecule has 0 aromatic carbocycles. The van der Waals surface area contributed by atoms with E-state index in [0.29, 0.717) is 0 Å². The standard InChI is InChI=1S/C7H15N3/c1-6-8-9-10(5)7(2,3)4/h6H,1H2,2-5H3/b9-8-. The fourth-order valence-corrected chi connectivity index (χ4v) is 0.248. The van der Waals surface area contributed by atoms with Gasteiger partial charge in [-0.15, -0.1) is 5.11 Å². The Labute approximate surface area is 62.4 Å². The van der Waals surface area contributed by atoms with Crippen molar-refractivity contribution in [1.82, 2.24) is 5.01 Å². The molecule has 0 amide bonds. The average molecular weight is 141 g/mol. The molecule has 0 radical (unpaired) electrons.